The lowest BCUT2D eigenvalue weighted by atomic mass is 10.3. The Bertz CT molecular complexity index is 411. The van der Waals surface area contributed by atoms with E-state index in [0.717, 1.165) is 4.90 Å². The van der Waals surface area contributed by atoms with E-state index in [1.54, 1.807) is 17.5 Å². The average molecular weight is 271 g/mol. The summed E-state index contributed by atoms with van der Waals surface area (Å²) in [6, 6.07) is 3.33. The van der Waals surface area contributed by atoms with Gasteiger partial charge in [-0.2, -0.15) is 0 Å². The van der Waals surface area contributed by atoms with E-state index in [1.807, 2.05) is 0 Å². The fourth-order valence-electron chi connectivity index (χ4n) is 1.20. The first-order valence-corrected chi connectivity index (χ1v) is 5.93. The van der Waals surface area contributed by atoms with E-state index >= 15 is 0 Å². The summed E-state index contributed by atoms with van der Waals surface area (Å²) in [7, 11) is 2.43. The molecule has 0 atom stereocenters. The largest absolute Gasteiger partial charge is 0.468 e. The molecule has 0 saturated carbocycles. The van der Waals surface area contributed by atoms with E-state index in [-0.39, 0.29) is 13.1 Å². The van der Waals surface area contributed by atoms with Crippen molar-refractivity contribution >= 4 is 29.2 Å². The zero-order valence-corrected chi connectivity index (χ0v) is 10.9. The lowest BCUT2D eigenvalue weighted by Crippen LogP contribution is -2.39. The van der Waals surface area contributed by atoms with Gasteiger partial charge in [-0.1, -0.05) is 6.07 Å². The highest BCUT2D eigenvalue weighted by atomic mass is 32.1. The molecule has 0 unspecified atom stereocenters. The zero-order chi connectivity index (χ0) is 13.5. The third kappa shape index (κ3) is 3.85. The summed E-state index contributed by atoms with van der Waals surface area (Å²) in [4.78, 5) is 36.0. The van der Waals surface area contributed by atoms with Crippen LogP contribution < -0.4 is 0 Å². The van der Waals surface area contributed by atoms with Crippen molar-refractivity contribution in [3.05, 3.63) is 22.4 Å². The summed E-state index contributed by atoms with van der Waals surface area (Å²) in [6.07, 6.45) is 0. The highest BCUT2D eigenvalue weighted by Crippen LogP contribution is 2.12. The van der Waals surface area contributed by atoms with Crippen LogP contribution in [0.15, 0.2) is 17.5 Å². The van der Waals surface area contributed by atoms with Gasteiger partial charge in [0, 0.05) is 0 Å². The zero-order valence-electron chi connectivity index (χ0n) is 10.0. The summed E-state index contributed by atoms with van der Waals surface area (Å²) < 4.78 is 8.96. The Kier molecular flexibility index (Phi) is 5.31. The number of ether oxygens (including phenoxy) is 2. The van der Waals surface area contributed by atoms with Gasteiger partial charge in [-0.25, -0.2) is 0 Å². The van der Waals surface area contributed by atoms with E-state index in [2.05, 4.69) is 9.47 Å². The van der Waals surface area contributed by atoms with Gasteiger partial charge in [0.25, 0.3) is 5.91 Å². The lowest BCUT2D eigenvalue weighted by molar-refractivity contribution is -0.144. The van der Waals surface area contributed by atoms with Crippen molar-refractivity contribution in [3.63, 3.8) is 0 Å². The van der Waals surface area contributed by atoms with Crippen molar-refractivity contribution in [2.45, 2.75) is 0 Å². The Morgan fingerprint density at radius 1 is 1.17 bits per heavy atom. The molecular weight excluding hydrogens is 258 g/mol. The molecular formula is C11H13NO5S. The molecule has 1 heterocycles. The van der Waals surface area contributed by atoms with Gasteiger partial charge in [0.1, 0.15) is 13.1 Å². The molecule has 0 aliphatic rings. The number of amides is 1. The van der Waals surface area contributed by atoms with Gasteiger partial charge in [-0.3, -0.25) is 14.4 Å². The molecule has 18 heavy (non-hydrogen) atoms. The summed E-state index contributed by atoms with van der Waals surface area (Å²) >= 11 is 1.23. The summed E-state index contributed by atoms with van der Waals surface area (Å²) in [5, 5.41) is 1.74. The quantitative estimate of drug-likeness (QED) is 0.731. The highest BCUT2D eigenvalue weighted by Gasteiger charge is 2.22. The number of esters is 2. The van der Waals surface area contributed by atoms with E-state index in [4.69, 9.17) is 0 Å². The number of carbonyl (C=O) groups excluding carboxylic acids is 3. The number of rotatable bonds is 5. The molecule has 0 bridgehead atoms. The van der Waals surface area contributed by atoms with Crippen LogP contribution in [0.1, 0.15) is 9.67 Å². The number of thiophene rings is 1. The number of hydrogen-bond donors (Lipinski definition) is 0. The molecule has 6 nitrogen and oxygen atoms in total. The third-order valence-corrected chi connectivity index (χ3v) is 2.97. The normalized spacial score (nSPS) is 9.67. The van der Waals surface area contributed by atoms with E-state index in [9.17, 15) is 14.4 Å². The van der Waals surface area contributed by atoms with Crippen molar-refractivity contribution in [3.8, 4) is 0 Å². The second kappa shape index (κ2) is 6.75. The summed E-state index contributed by atoms with van der Waals surface area (Å²) in [5.74, 6) is -1.59. The molecule has 0 aliphatic heterocycles. The van der Waals surface area contributed by atoms with Gasteiger partial charge < -0.3 is 14.4 Å². The predicted molar refractivity (Wildman–Crippen MR) is 64.3 cm³/mol. The fraction of sp³-hybridized carbons (Fsp3) is 0.364. The van der Waals surface area contributed by atoms with Crippen LogP contribution >= 0.6 is 11.3 Å². The molecule has 0 fully saturated rings. The molecule has 7 heteroatoms. The van der Waals surface area contributed by atoms with Gasteiger partial charge in [0.05, 0.1) is 19.1 Å². The fourth-order valence-corrected chi connectivity index (χ4v) is 1.89. The summed E-state index contributed by atoms with van der Waals surface area (Å²) in [6.45, 7) is -0.579. The summed E-state index contributed by atoms with van der Waals surface area (Å²) in [5.41, 5.74) is 0. The third-order valence-electron chi connectivity index (χ3n) is 2.11. The maximum atomic E-state index is 12.0. The van der Waals surface area contributed by atoms with Crippen molar-refractivity contribution in [2.24, 2.45) is 0 Å². The van der Waals surface area contributed by atoms with Gasteiger partial charge in [0.2, 0.25) is 0 Å². The SMILES string of the molecule is COC(=O)CN(CC(=O)OC)C(=O)c1cccs1. The Morgan fingerprint density at radius 2 is 1.72 bits per heavy atom. The maximum absolute atomic E-state index is 12.0. The Morgan fingerprint density at radius 3 is 2.11 bits per heavy atom. The topological polar surface area (TPSA) is 72.9 Å². The van der Waals surface area contributed by atoms with Gasteiger partial charge in [0.15, 0.2) is 0 Å². The van der Waals surface area contributed by atoms with Crippen LogP contribution in [0, 0.1) is 0 Å². The Balaban J connectivity index is 2.79. The van der Waals surface area contributed by atoms with Crippen molar-refractivity contribution in [1.29, 1.82) is 0 Å². The van der Waals surface area contributed by atoms with Crippen LogP contribution in [-0.2, 0) is 19.1 Å². The standard InChI is InChI=1S/C11H13NO5S/c1-16-9(13)6-12(7-10(14)17-2)11(15)8-4-3-5-18-8/h3-5H,6-7H2,1-2H3. The van der Waals surface area contributed by atoms with Gasteiger partial charge >= 0.3 is 11.9 Å². The Labute approximate surface area is 108 Å². The van der Waals surface area contributed by atoms with Crippen LogP contribution in [0.25, 0.3) is 0 Å². The van der Waals surface area contributed by atoms with Crippen LogP contribution in [0.3, 0.4) is 0 Å². The number of carbonyl (C=O) groups is 3. The lowest BCUT2D eigenvalue weighted by Gasteiger charge is -2.19. The Hall–Kier alpha value is -1.89. The molecule has 0 N–H and O–H groups in total. The second-order valence-electron chi connectivity index (χ2n) is 3.29. The van der Waals surface area contributed by atoms with Crippen LogP contribution in [0.2, 0.25) is 0 Å². The first kappa shape index (κ1) is 14.2. The van der Waals surface area contributed by atoms with E-state index in [0.29, 0.717) is 4.88 Å². The van der Waals surface area contributed by atoms with Crippen molar-refractivity contribution in [2.75, 3.05) is 27.3 Å². The minimum atomic E-state index is -0.594. The maximum Gasteiger partial charge on any atom is 0.325 e. The number of nitrogens with zero attached hydrogens (tertiary/aromatic N) is 1. The average Bonchev–Trinajstić information content (AvgIpc) is 2.90. The molecule has 0 saturated heterocycles. The smallest absolute Gasteiger partial charge is 0.325 e. The predicted octanol–water partition coefficient (Wildman–Crippen LogP) is 0.536. The minimum Gasteiger partial charge on any atom is -0.468 e. The first-order chi connectivity index (χ1) is 8.58. The second-order valence-corrected chi connectivity index (χ2v) is 4.24. The number of methoxy groups -OCH3 is 2. The monoisotopic (exact) mass is 271 g/mol. The highest BCUT2D eigenvalue weighted by molar-refractivity contribution is 7.12. The van der Waals surface area contributed by atoms with Gasteiger partial charge in [-0.05, 0) is 11.4 Å². The molecule has 0 aliphatic carbocycles. The molecule has 1 amide bonds. The van der Waals surface area contributed by atoms with Crippen LogP contribution in [0.4, 0.5) is 0 Å². The van der Waals surface area contributed by atoms with Crippen LogP contribution in [-0.4, -0.2) is 50.1 Å². The molecule has 0 aromatic carbocycles. The van der Waals surface area contributed by atoms with E-state index < -0.39 is 17.8 Å². The van der Waals surface area contributed by atoms with Crippen LogP contribution in [0.5, 0.6) is 0 Å². The molecule has 1 aromatic rings. The number of hydrogen-bond acceptors (Lipinski definition) is 6. The van der Waals surface area contributed by atoms with Crippen molar-refractivity contribution in [1.82, 2.24) is 4.90 Å². The molecule has 0 spiro atoms. The van der Waals surface area contributed by atoms with E-state index in [1.165, 1.54) is 25.6 Å². The van der Waals surface area contributed by atoms with Crippen molar-refractivity contribution < 1.29 is 23.9 Å². The molecule has 1 rings (SSSR count). The molecule has 98 valence electrons. The molecule has 0 radical (unpaired) electrons. The minimum absolute atomic E-state index is 0.289. The first-order valence-electron chi connectivity index (χ1n) is 5.05. The van der Waals surface area contributed by atoms with Gasteiger partial charge in [-0.15, -0.1) is 11.3 Å². The molecule has 1 aromatic heterocycles.